The maximum atomic E-state index is 5.63. The van der Waals surface area contributed by atoms with Crippen LogP contribution in [0.25, 0.3) is 0 Å². The van der Waals surface area contributed by atoms with E-state index in [-0.39, 0.29) is 5.60 Å². The lowest BCUT2D eigenvalue weighted by atomic mass is 9.95. The van der Waals surface area contributed by atoms with Gasteiger partial charge in [0.25, 0.3) is 0 Å². The third-order valence-corrected chi connectivity index (χ3v) is 4.91. The van der Waals surface area contributed by atoms with Crippen molar-refractivity contribution in [2.45, 2.75) is 45.3 Å². The van der Waals surface area contributed by atoms with Crippen LogP contribution in [0.3, 0.4) is 0 Å². The van der Waals surface area contributed by atoms with Gasteiger partial charge in [0, 0.05) is 25.4 Å². The van der Waals surface area contributed by atoms with Crippen molar-refractivity contribution in [3.8, 4) is 0 Å². The maximum absolute atomic E-state index is 5.63. The van der Waals surface area contributed by atoms with E-state index in [1.54, 1.807) is 0 Å². The summed E-state index contributed by atoms with van der Waals surface area (Å²) in [6, 6.07) is 0.434. The highest BCUT2D eigenvalue weighted by Crippen LogP contribution is 2.18. The number of thioether (sulfide) groups is 1. The van der Waals surface area contributed by atoms with Crippen LogP contribution < -0.4 is 5.32 Å². The van der Waals surface area contributed by atoms with Crippen molar-refractivity contribution < 1.29 is 4.74 Å². The first-order valence-corrected chi connectivity index (χ1v) is 8.34. The molecule has 1 aliphatic rings. The van der Waals surface area contributed by atoms with E-state index in [1.807, 2.05) is 7.11 Å². The molecule has 0 spiro atoms. The van der Waals surface area contributed by atoms with Crippen LogP contribution in [0.5, 0.6) is 0 Å². The van der Waals surface area contributed by atoms with Gasteiger partial charge in [-0.05, 0) is 52.1 Å². The summed E-state index contributed by atoms with van der Waals surface area (Å²) in [5, 5.41) is 3.57. The topological polar surface area (TPSA) is 24.5 Å². The maximum Gasteiger partial charge on any atom is 0.0775 e. The Hall–Kier alpha value is 0.230. The molecule has 18 heavy (non-hydrogen) atoms. The Morgan fingerprint density at radius 1 is 1.33 bits per heavy atom. The Morgan fingerprint density at radius 3 is 2.78 bits per heavy atom. The molecule has 0 aromatic carbocycles. The van der Waals surface area contributed by atoms with Crippen molar-refractivity contribution in [2.75, 3.05) is 44.8 Å². The lowest BCUT2D eigenvalue weighted by Crippen LogP contribution is -2.49. The average molecular weight is 274 g/mol. The molecule has 1 N–H and O–H groups in total. The van der Waals surface area contributed by atoms with Gasteiger partial charge in [-0.25, -0.2) is 0 Å². The predicted molar refractivity (Wildman–Crippen MR) is 81.6 cm³/mol. The third-order valence-electron chi connectivity index (χ3n) is 3.86. The summed E-state index contributed by atoms with van der Waals surface area (Å²) in [7, 11) is 1.81. The van der Waals surface area contributed by atoms with Gasteiger partial charge < -0.3 is 15.0 Å². The molecule has 1 atom stereocenters. The van der Waals surface area contributed by atoms with E-state index in [0.717, 1.165) is 6.54 Å². The van der Waals surface area contributed by atoms with Crippen LogP contribution >= 0.6 is 11.8 Å². The van der Waals surface area contributed by atoms with E-state index in [4.69, 9.17) is 4.74 Å². The molecule has 3 nitrogen and oxygen atoms in total. The second-order valence-corrected chi connectivity index (χ2v) is 6.74. The van der Waals surface area contributed by atoms with Crippen molar-refractivity contribution in [3.05, 3.63) is 0 Å². The van der Waals surface area contributed by atoms with Crippen LogP contribution in [0.2, 0.25) is 0 Å². The molecule has 1 saturated heterocycles. The van der Waals surface area contributed by atoms with Gasteiger partial charge in [0.05, 0.1) is 5.60 Å². The zero-order valence-electron chi connectivity index (χ0n) is 12.5. The monoisotopic (exact) mass is 274 g/mol. The Kier molecular flexibility index (Phi) is 7.61. The van der Waals surface area contributed by atoms with Gasteiger partial charge in [-0.2, -0.15) is 11.8 Å². The van der Waals surface area contributed by atoms with Gasteiger partial charge >= 0.3 is 0 Å². The molecule has 0 amide bonds. The standard InChI is InChI=1S/C14H30N2OS/c1-5-15-13(14(2,3)17-4)7-9-16-8-6-11-18-12-10-16/h13,15H,5-12H2,1-4H3. The Balaban J connectivity index is 2.40. The zero-order valence-corrected chi connectivity index (χ0v) is 13.3. The summed E-state index contributed by atoms with van der Waals surface area (Å²) in [4.78, 5) is 2.61. The van der Waals surface area contributed by atoms with Crippen LogP contribution in [0.15, 0.2) is 0 Å². The molecule has 1 aliphatic heterocycles. The van der Waals surface area contributed by atoms with Gasteiger partial charge in [-0.3, -0.25) is 0 Å². The highest BCUT2D eigenvalue weighted by Gasteiger charge is 2.28. The highest BCUT2D eigenvalue weighted by molar-refractivity contribution is 7.99. The van der Waals surface area contributed by atoms with Crippen molar-refractivity contribution in [1.82, 2.24) is 10.2 Å². The molecular weight excluding hydrogens is 244 g/mol. The molecule has 1 heterocycles. The number of likely N-dealkylation sites (N-methyl/N-ethyl adjacent to an activating group) is 1. The summed E-state index contributed by atoms with van der Waals surface area (Å²) >= 11 is 2.09. The number of rotatable bonds is 7. The normalized spacial score (nSPS) is 20.7. The van der Waals surface area contributed by atoms with Crippen molar-refractivity contribution in [3.63, 3.8) is 0 Å². The number of nitrogens with one attached hydrogen (secondary N) is 1. The molecule has 0 radical (unpaired) electrons. The van der Waals surface area contributed by atoms with E-state index in [1.165, 1.54) is 44.0 Å². The quantitative estimate of drug-likeness (QED) is 0.769. The number of hydrogen-bond donors (Lipinski definition) is 1. The number of nitrogens with zero attached hydrogens (tertiary/aromatic N) is 1. The van der Waals surface area contributed by atoms with Crippen LogP contribution in [0, 0.1) is 0 Å². The smallest absolute Gasteiger partial charge is 0.0775 e. The summed E-state index contributed by atoms with van der Waals surface area (Å²) < 4.78 is 5.63. The van der Waals surface area contributed by atoms with E-state index in [0.29, 0.717) is 6.04 Å². The van der Waals surface area contributed by atoms with Crippen molar-refractivity contribution in [1.29, 1.82) is 0 Å². The first-order valence-electron chi connectivity index (χ1n) is 7.18. The largest absolute Gasteiger partial charge is 0.377 e. The fraction of sp³-hybridized carbons (Fsp3) is 1.00. The predicted octanol–water partition coefficient (Wildman–Crippen LogP) is 2.22. The van der Waals surface area contributed by atoms with Crippen molar-refractivity contribution in [2.24, 2.45) is 0 Å². The summed E-state index contributed by atoms with van der Waals surface area (Å²) in [5.41, 5.74) is -0.0867. The second-order valence-electron chi connectivity index (χ2n) is 5.51. The summed E-state index contributed by atoms with van der Waals surface area (Å²) in [5.74, 6) is 2.62. The minimum Gasteiger partial charge on any atom is -0.377 e. The molecule has 1 rings (SSSR count). The Morgan fingerprint density at radius 2 is 2.11 bits per heavy atom. The number of ether oxygens (including phenoxy) is 1. The van der Waals surface area contributed by atoms with E-state index in [9.17, 15) is 0 Å². The number of methoxy groups -OCH3 is 1. The molecule has 1 unspecified atom stereocenters. The van der Waals surface area contributed by atoms with Crippen LogP contribution in [-0.4, -0.2) is 61.3 Å². The van der Waals surface area contributed by atoms with Gasteiger partial charge in [0.1, 0.15) is 0 Å². The molecule has 0 aromatic rings. The molecule has 1 fully saturated rings. The number of hydrogen-bond acceptors (Lipinski definition) is 4. The third kappa shape index (κ3) is 5.47. The molecular formula is C14H30N2OS. The Bertz CT molecular complexity index is 216. The van der Waals surface area contributed by atoms with Crippen LogP contribution in [0.1, 0.15) is 33.6 Å². The SMILES string of the molecule is CCNC(CCN1CCCSCC1)C(C)(C)OC. The molecule has 0 aromatic heterocycles. The molecule has 108 valence electrons. The molecule has 0 saturated carbocycles. The van der Waals surface area contributed by atoms with E-state index >= 15 is 0 Å². The second kappa shape index (κ2) is 8.41. The van der Waals surface area contributed by atoms with Crippen molar-refractivity contribution >= 4 is 11.8 Å². The molecule has 0 bridgehead atoms. The van der Waals surface area contributed by atoms with E-state index in [2.05, 4.69) is 42.7 Å². The average Bonchev–Trinajstić information content (AvgIpc) is 2.62. The van der Waals surface area contributed by atoms with Gasteiger partial charge in [-0.1, -0.05) is 6.92 Å². The van der Waals surface area contributed by atoms with Gasteiger partial charge in [0.2, 0.25) is 0 Å². The minimum absolute atomic E-state index is 0.0867. The molecule has 0 aliphatic carbocycles. The summed E-state index contributed by atoms with van der Waals surface area (Å²) in [6.45, 7) is 11.2. The van der Waals surface area contributed by atoms with Crippen LogP contribution in [0.4, 0.5) is 0 Å². The summed E-state index contributed by atoms with van der Waals surface area (Å²) in [6.07, 6.45) is 2.50. The molecule has 4 heteroatoms. The lowest BCUT2D eigenvalue weighted by molar-refractivity contribution is -0.0143. The first kappa shape index (κ1) is 16.3. The first-order chi connectivity index (χ1) is 8.60. The van der Waals surface area contributed by atoms with Crippen LogP contribution in [-0.2, 0) is 4.74 Å². The lowest BCUT2D eigenvalue weighted by Gasteiger charge is -2.35. The minimum atomic E-state index is -0.0867. The highest BCUT2D eigenvalue weighted by atomic mass is 32.2. The zero-order chi connectivity index (χ0) is 13.4. The Labute approximate surface area is 117 Å². The fourth-order valence-electron chi connectivity index (χ4n) is 2.42. The van der Waals surface area contributed by atoms with Gasteiger partial charge in [-0.15, -0.1) is 0 Å². The van der Waals surface area contributed by atoms with Gasteiger partial charge in [0.15, 0.2) is 0 Å². The fourth-order valence-corrected chi connectivity index (χ4v) is 3.34. The van der Waals surface area contributed by atoms with E-state index < -0.39 is 0 Å².